The summed E-state index contributed by atoms with van der Waals surface area (Å²) in [7, 11) is 0. The predicted molar refractivity (Wildman–Crippen MR) is 105 cm³/mol. The zero-order chi connectivity index (χ0) is 20.1. The number of hydrogen-bond donors (Lipinski definition) is 0. The quantitative estimate of drug-likeness (QED) is 0.470. The molecule has 0 aliphatic heterocycles. The number of hydrogen-bond acceptors (Lipinski definition) is 3. The number of nitrogens with zero attached hydrogens (tertiary/aromatic N) is 1. The van der Waals surface area contributed by atoms with Crippen LogP contribution < -0.4 is 5.56 Å². The monoisotopic (exact) mass is 383 g/mol. The number of ether oxygens (including phenoxy) is 1. The minimum Gasteiger partial charge on any atom is -0.463 e. The lowest BCUT2D eigenvalue weighted by atomic mass is 9.98. The van der Waals surface area contributed by atoms with Gasteiger partial charge in [0.1, 0.15) is 12.5 Å². The average Bonchev–Trinajstić information content (AvgIpc) is 2.70. The molecule has 0 N–H and O–H groups in total. The Morgan fingerprint density at radius 2 is 1.79 bits per heavy atom. The van der Waals surface area contributed by atoms with Crippen LogP contribution in [-0.2, 0) is 16.1 Å². The Morgan fingerprint density at radius 3 is 2.43 bits per heavy atom. The van der Waals surface area contributed by atoms with Crippen LogP contribution in [0.25, 0.3) is 28.1 Å². The van der Waals surface area contributed by atoms with Gasteiger partial charge in [-0.3, -0.25) is 4.79 Å². The van der Waals surface area contributed by atoms with Gasteiger partial charge >= 0.3 is 5.97 Å². The standard InChI is InChI=1S/C22H19F2NO3/c1-2-28-20(26)12-11-18-17-5-3-4-6-19(17)22(27)25(14-13-23)21(18)15-7-9-16(24)10-8-15/h3-12H,2,13-14H2,1H3. The van der Waals surface area contributed by atoms with Gasteiger partial charge in [0, 0.05) is 17.0 Å². The Balaban J connectivity index is 2.37. The summed E-state index contributed by atoms with van der Waals surface area (Å²) in [5.74, 6) is -0.951. The summed E-state index contributed by atoms with van der Waals surface area (Å²) >= 11 is 0. The zero-order valence-corrected chi connectivity index (χ0v) is 15.3. The Kier molecular flexibility index (Phi) is 5.99. The molecule has 6 heteroatoms. The second-order valence-corrected chi connectivity index (χ2v) is 6.05. The van der Waals surface area contributed by atoms with E-state index < -0.39 is 18.5 Å². The summed E-state index contributed by atoms with van der Waals surface area (Å²) in [5, 5.41) is 1.02. The van der Waals surface area contributed by atoms with Gasteiger partial charge in [-0.2, -0.15) is 0 Å². The first-order valence-electron chi connectivity index (χ1n) is 8.89. The fraction of sp³-hybridized carbons (Fsp3) is 0.182. The van der Waals surface area contributed by atoms with Crippen LogP contribution >= 0.6 is 0 Å². The van der Waals surface area contributed by atoms with Crippen molar-refractivity contribution < 1.29 is 18.3 Å². The molecule has 144 valence electrons. The van der Waals surface area contributed by atoms with E-state index in [2.05, 4.69) is 0 Å². The maximum Gasteiger partial charge on any atom is 0.330 e. The smallest absolute Gasteiger partial charge is 0.330 e. The molecule has 3 aromatic rings. The molecule has 1 heterocycles. The largest absolute Gasteiger partial charge is 0.463 e. The first kappa shape index (κ1) is 19.5. The molecule has 0 saturated carbocycles. The van der Waals surface area contributed by atoms with E-state index in [1.54, 1.807) is 37.3 Å². The third-order valence-corrected chi connectivity index (χ3v) is 4.32. The second kappa shape index (κ2) is 8.61. The van der Waals surface area contributed by atoms with Gasteiger partial charge in [0.2, 0.25) is 0 Å². The van der Waals surface area contributed by atoms with Gasteiger partial charge in [-0.15, -0.1) is 0 Å². The molecule has 28 heavy (non-hydrogen) atoms. The van der Waals surface area contributed by atoms with E-state index in [1.807, 2.05) is 0 Å². The molecule has 0 unspecified atom stereocenters. The van der Waals surface area contributed by atoms with Crippen molar-refractivity contribution in [3.05, 3.63) is 76.3 Å². The first-order chi connectivity index (χ1) is 13.6. The molecular formula is C22H19F2NO3. The van der Waals surface area contributed by atoms with Crippen molar-refractivity contribution in [2.45, 2.75) is 13.5 Å². The van der Waals surface area contributed by atoms with Gasteiger partial charge in [0.05, 0.1) is 18.8 Å². The summed E-state index contributed by atoms with van der Waals surface area (Å²) in [6.45, 7) is 1.03. The highest BCUT2D eigenvalue weighted by atomic mass is 19.1. The summed E-state index contributed by atoms with van der Waals surface area (Å²) in [5.41, 5.74) is 1.17. The molecule has 4 nitrogen and oxygen atoms in total. The Bertz CT molecular complexity index is 1090. The fourth-order valence-corrected chi connectivity index (χ4v) is 3.15. The summed E-state index contributed by atoms with van der Waals surface area (Å²) in [4.78, 5) is 24.8. The number of benzene rings is 2. The molecule has 2 aromatic carbocycles. The SMILES string of the molecule is CCOC(=O)C=Cc1c(-c2ccc(F)cc2)n(CCF)c(=O)c2ccccc12. The van der Waals surface area contributed by atoms with Gasteiger partial charge in [-0.05, 0) is 54.3 Å². The van der Waals surface area contributed by atoms with E-state index in [4.69, 9.17) is 4.74 Å². The van der Waals surface area contributed by atoms with Crippen molar-refractivity contribution in [1.82, 2.24) is 4.57 Å². The first-order valence-corrected chi connectivity index (χ1v) is 8.89. The lowest BCUT2D eigenvalue weighted by Crippen LogP contribution is -2.24. The summed E-state index contributed by atoms with van der Waals surface area (Å²) in [6.07, 6.45) is 2.82. The number of esters is 1. The number of carbonyl (C=O) groups excluding carboxylic acids is 1. The van der Waals surface area contributed by atoms with E-state index in [0.29, 0.717) is 27.6 Å². The highest BCUT2D eigenvalue weighted by Gasteiger charge is 2.17. The van der Waals surface area contributed by atoms with Crippen molar-refractivity contribution in [2.75, 3.05) is 13.3 Å². The number of aromatic nitrogens is 1. The Morgan fingerprint density at radius 1 is 1.11 bits per heavy atom. The van der Waals surface area contributed by atoms with Gasteiger partial charge < -0.3 is 9.30 Å². The third kappa shape index (κ3) is 3.86. The fourth-order valence-electron chi connectivity index (χ4n) is 3.15. The van der Waals surface area contributed by atoms with E-state index in [1.165, 1.54) is 34.9 Å². The van der Waals surface area contributed by atoms with Crippen LogP contribution in [0.3, 0.4) is 0 Å². The Hall–Kier alpha value is -3.28. The molecule has 3 rings (SSSR count). The van der Waals surface area contributed by atoms with E-state index >= 15 is 0 Å². The van der Waals surface area contributed by atoms with Crippen molar-refractivity contribution in [2.24, 2.45) is 0 Å². The zero-order valence-electron chi connectivity index (χ0n) is 15.3. The lowest BCUT2D eigenvalue weighted by molar-refractivity contribution is -0.137. The predicted octanol–water partition coefficient (Wildman–Crippen LogP) is 4.35. The molecule has 0 aliphatic rings. The highest BCUT2D eigenvalue weighted by molar-refractivity contribution is 5.98. The van der Waals surface area contributed by atoms with Crippen LogP contribution in [0.1, 0.15) is 12.5 Å². The van der Waals surface area contributed by atoms with Crippen LogP contribution in [0.15, 0.2) is 59.4 Å². The molecule has 0 saturated heterocycles. The van der Waals surface area contributed by atoms with Crippen molar-refractivity contribution in [1.29, 1.82) is 0 Å². The normalized spacial score (nSPS) is 11.2. The molecular weight excluding hydrogens is 364 g/mol. The van der Waals surface area contributed by atoms with Crippen molar-refractivity contribution >= 4 is 22.8 Å². The molecule has 0 aliphatic carbocycles. The summed E-state index contributed by atoms with van der Waals surface area (Å²) in [6, 6.07) is 12.5. The van der Waals surface area contributed by atoms with E-state index in [0.717, 1.165) is 0 Å². The molecule has 1 aromatic heterocycles. The van der Waals surface area contributed by atoms with Crippen LogP contribution in [-0.4, -0.2) is 23.8 Å². The maximum atomic E-state index is 13.4. The molecule has 0 radical (unpaired) electrons. The van der Waals surface area contributed by atoms with Crippen molar-refractivity contribution in [3.8, 4) is 11.3 Å². The lowest BCUT2D eigenvalue weighted by Gasteiger charge is -2.18. The van der Waals surface area contributed by atoms with E-state index in [-0.39, 0.29) is 18.7 Å². The summed E-state index contributed by atoms with van der Waals surface area (Å²) < 4.78 is 32.9. The van der Waals surface area contributed by atoms with Crippen molar-refractivity contribution in [3.63, 3.8) is 0 Å². The number of alkyl halides is 1. The number of halogens is 2. The molecule has 0 fully saturated rings. The van der Waals surface area contributed by atoms with Crippen LogP contribution in [0.2, 0.25) is 0 Å². The van der Waals surface area contributed by atoms with Gasteiger partial charge in [-0.1, -0.05) is 18.2 Å². The molecule has 0 atom stereocenters. The molecule has 0 amide bonds. The maximum absolute atomic E-state index is 13.4. The Labute approximate surface area is 160 Å². The van der Waals surface area contributed by atoms with Crippen LogP contribution in [0, 0.1) is 5.82 Å². The van der Waals surface area contributed by atoms with E-state index in [9.17, 15) is 18.4 Å². The number of carbonyl (C=O) groups is 1. The molecule has 0 bridgehead atoms. The minimum atomic E-state index is -0.743. The highest BCUT2D eigenvalue weighted by Crippen LogP contribution is 2.30. The molecule has 0 spiro atoms. The van der Waals surface area contributed by atoms with Crippen LogP contribution in [0.5, 0.6) is 0 Å². The second-order valence-electron chi connectivity index (χ2n) is 6.05. The minimum absolute atomic E-state index is 0.156. The topological polar surface area (TPSA) is 48.3 Å². The third-order valence-electron chi connectivity index (χ3n) is 4.32. The van der Waals surface area contributed by atoms with Crippen LogP contribution in [0.4, 0.5) is 8.78 Å². The number of fused-ring (bicyclic) bond motifs is 1. The van der Waals surface area contributed by atoms with Gasteiger partial charge in [0.15, 0.2) is 0 Å². The number of pyridine rings is 1. The van der Waals surface area contributed by atoms with Gasteiger partial charge in [0.25, 0.3) is 5.56 Å². The van der Waals surface area contributed by atoms with Gasteiger partial charge in [-0.25, -0.2) is 13.6 Å². The average molecular weight is 383 g/mol. The number of rotatable bonds is 6.